The topological polar surface area (TPSA) is 87.5 Å². The maximum Gasteiger partial charge on any atom is 0.258 e. The molecule has 0 bridgehead atoms. The van der Waals surface area contributed by atoms with Gasteiger partial charge in [-0.15, -0.1) is 0 Å². The molecule has 1 aliphatic rings. The van der Waals surface area contributed by atoms with Crippen LogP contribution in [0.15, 0.2) is 72.4 Å². The highest BCUT2D eigenvalue weighted by Crippen LogP contribution is 2.34. The number of nitrogens with two attached hydrogens (primary N) is 1. The van der Waals surface area contributed by atoms with Crippen LogP contribution >= 0.6 is 0 Å². The number of nitrogens with one attached hydrogen (secondary N) is 2. The van der Waals surface area contributed by atoms with Gasteiger partial charge in [0, 0.05) is 41.3 Å². The third-order valence-electron chi connectivity index (χ3n) is 5.53. The number of carbonyl (C=O) groups is 2. The van der Waals surface area contributed by atoms with Crippen LogP contribution in [0, 0.1) is 5.82 Å². The predicted octanol–water partition coefficient (Wildman–Crippen LogP) is 4.35. The van der Waals surface area contributed by atoms with Gasteiger partial charge < -0.3 is 16.4 Å². The summed E-state index contributed by atoms with van der Waals surface area (Å²) in [4.78, 5) is 26.1. The van der Waals surface area contributed by atoms with Gasteiger partial charge in [0.05, 0.1) is 5.57 Å². The Labute approximate surface area is 191 Å². The lowest BCUT2D eigenvalue weighted by Crippen LogP contribution is -2.17. The maximum atomic E-state index is 13.1. The minimum absolute atomic E-state index is 0.226. The predicted molar refractivity (Wildman–Crippen MR) is 128 cm³/mol. The van der Waals surface area contributed by atoms with Gasteiger partial charge in [-0.05, 0) is 61.5 Å². The molecule has 7 heteroatoms. The second-order valence-corrected chi connectivity index (χ2v) is 8.20. The maximum absolute atomic E-state index is 13.1. The SMILES string of the molecule is C/C(Nc1ccc(CN(C)Cc2ccc(F)cc2)cc1)=C1/C(=O)Nc2cc(C(N)=O)ccc21. The van der Waals surface area contributed by atoms with Gasteiger partial charge in [0.2, 0.25) is 5.91 Å². The number of rotatable bonds is 7. The minimum atomic E-state index is -0.539. The Bertz CT molecular complexity index is 1230. The number of hydrogen-bond donors (Lipinski definition) is 3. The quantitative estimate of drug-likeness (QED) is 0.473. The molecule has 0 radical (unpaired) electrons. The first-order valence-corrected chi connectivity index (χ1v) is 10.6. The van der Waals surface area contributed by atoms with E-state index in [1.807, 2.05) is 38.2 Å². The molecule has 0 aromatic heterocycles. The van der Waals surface area contributed by atoms with E-state index >= 15 is 0 Å². The Morgan fingerprint density at radius 3 is 2.21 bits per heavy atom. The fourth-order valence-corrected chi connectivity index (χ4v) is 3.94. The summed E-state index contributed by atoms with van der Waals surface area (Å²) < 4.78 is 13.1. The van der Waals surface area contributed by atoms with Gasteiger partial charge in [-0.25, -0.2) is 4.39 Å². The molecule has 0 fully saturated rings. The van der Waals surface area contributed by atoms with E-state index in [4.69, 9.17) is 5.73 Å². The van der Waals surface area contributed by atoms with Crippen LogP contribution in [-0.4, -0.2) is 23.8 Å². The van der Waals surface area contributed by atoms with Crippen molar-refractivity contribution in [3.05, 3.63) is 100 Å². The fraction of sp³-hybridized carbons (Fsp3) is 0.154. The minimum Gasteiger partial charge on any atom is -0.366 e. The summed E-state index contributed by atoms with van der Waals surface area (Å²) >= 11 is 0. The smallest absolute Gasteiger partial charge is 0.258 e. The lowest BCUT2D eigenvalue weighted by Gasteiger charge is -2.17. The fourth-order valence-electron chi connectivity index (χ4n) is 3.94. The molecule has 33 heavy (non-hydrogen) atoms. The van der Waals surface area contributed by atoms with Crippen molar-refractivity contribution >= 4 is 28.8 Å². The van der Waals surface area contributed by atoms with Crippen LogP contribution in [0.2, 0.25) is 0 Å². The summed E-state index contributed by atoms with van der Waals surface area (Å²) in [7, 11) is 2.02. The van der Waals surface area contributed by atoms with Crippen LogP contribution in [0.4, 0.5) is 15.8 Å². The molecule has 0 spiro atoms. The molecule has 0 saturated heterocycles. The molecule has 0 saturated carbocycles. The first-order chi connectivity index (χ1) is 15.8. The number of halogens is 1. The number of benzene rings is 3. The Hall–Kier alpha value is -3.97. The number of amides is 2. The summed E-state index contributed by atoms with van der Waals surface area (Å²) in [6.07, 6.45) is 0. The Balaban J connectivity index is 1.43. The molecular weight excluding hydrogens is 419 g/mol. The normalized spacial score (nSPS) is 14.1. The summed E-state index contributed by atoms with van der Waals surface area (Å²) in [5.41, 5.74) is 11.3. The number of anilines is 2. The monoisotopic (exact) mass is 444 g/mol. The summed E-state index contributed by atoms with van der Waals surface area (Å²) in [6.45, 7) is 3.31. The van der Waals surface area contributed by atoms with E-state index in [9.17, 15) is 14.0 Å². The lowest BCUT2D eigenvalue weighted by molar-refractivity contribution is -0.110. The van der Waals surface area contributed by atoms with E-state index < -0.39 is 5.91 Å². The molecule has 0 unspecified atom stereocenters. The zero-order valence-corrected chi connectivity index (χ0v) is 18.5. The molecule has 1 heterocycles. The van der Waals surface area contributed by atoms with Crippen molar-refractivity contribution in [1.82, 2.24) is 4.90 Å². The number of hydrogen-bond acceptors (Lipinski definition) is 4. The van der Waals surface area contributed by atoms with Crippen LogP contribution in [0.3, 0.4) is 0 Å². The van der Waals surface area contributed by atoms with Crippen molar-refractivity contribution in [2.24, 2.45) is 5.73 Å². The molecule has 3 aromatic carbocycles. The molecule has 4 N–H and O–H groups in total. The average Bonchev–Trinajstić information content (AvgIpc) is 3.11. The first kappa shape index (κ1) is 22.2. The Morgan fingerprint density at radius 1 is 1.00 bits per heavy atom. The number of primary amides is 1. The van der Waals surface area contributed by atoms with Gasteiger partial charge in [0.1, 0.15) is 5.82 Å². The van der Waals surface area contributed by atoms with E-state index in [0.29, 0.717) is 22.5 Å². The van der Waals surface area contributed by atoms with Gasteiger partial charge >= 0.3 is 0 Å². The molecule has 6 nitrogen and oxygen atoms in total. The van der Waals surface area contributed by atoms with E-state index in [-0.39, 0.29) is 11.7 Å². The molecule has 168 valence electrons. The van der Waals surface area contributed by atoms with Crippen molar-refractivity contribution in [1.29, 1.82) is 0 Å². The highest BCUT2D eigenvalue weighted by molar-refractivity contribution is 6.32. The largest absolute Gasteiger partial charge is 0.366 e. The van der Waals surface area contributed by atoms with Gasteiger partial charge in [0.15, 0.2) is 0 Å². The highest BCUT2D eigenvalue weighted by Gasteiger charge is 2.27. The van der Waals surface area contributed by atoms with E-state index in [1.54, 1.807) is 30.3 Å². The summed E-state index contributed by atoms with van der Waals surface area (Å²) in [5, 5.41) is 6.09. The van der Waals surface area contributed by atoms with Crippen molar-refractivity contribution in [2.75, 3.05) is 17.7 Å². The van der Waals surface area contributed by atoms with Gasteiger partial charge in [-0.2, -0.15) is 0 Å². The number of nitrogens with zero attached hydrogens (tertiary/aromatic N) is 1. The summed E-state index contributed by atoms with van der Waals surface area (Å²) in [5.74, 6) is -0.998. The van der Waals surface area contributed by atoms with E-state index in [1.165, 1.54) is 12.1 Å². The zero-order chi connectivity index (χ0) is 23.5. The van der Waals surface area contributed by atoms with Crippen LogP contribution in [-0.2, 0) is 17.9 Å². The highest BCUT2D eigenvalue weighted by atomic mass is 19.1. The van der Waals surface area contributed by atoms with Crippen LogP contribution < -0.4 is 16.4 Å². The Kier molecular flexibility index (Phi) is 6.24. The lowest BCUT2D eigenvalue weighted by atomic mass is 10.0. The third kappa shape index (κ3) is 5.10. The molecule has 1 aliphatic heterocycles. The second kappa shape index (κ2) is 9.26. The first-order valence-electron chi connectivity index (χ1n) is 10.6. The Morgan fingerprint density at radius 2 is 1.61 bits per heavy atom. The number of allylic oxidation sites excluding steroid dienone is 1. The molecular formula is C26H25FN4O2. The number of fused-ring (bicyclic) bond motifs is 1. The summed E-state index contributed by atoms with van der Waals surface area (Å²) in [6, 6.07) is 19.5. The van der Waals surface area contributed by atoms with Crippen molar-refractivity contribution in [3.63, 3.8) is 0 Å². The van der Waals surface area contributed by atoms with Gasteiger partial charge in [-0.3, -0.25) is 14.5 Å². The van der Waals surface area contributed by atoms with Crippen molar-refractivity contribution in [2.45, 2.75) is 20.0 Å². The van der Waals surface area contributed by atoms with E-state index in [2.05, 4.69) is 15.5 Å². The third-order valence-corrected chi connectivity index (χ3v) is 5.53. The number of carbonyl (C=O) groups excluding carboxylic acids is 2. The average molecular weight is 445 g/mol. The molecule has 2 amide bonds. The molecule has 0 atom stereocenters. The standard InChI is InChI=1S/C26H25FN4O2/c1-16(24-22-12-7-19(25(28)32)13-23(22)30-26(24)33)29-21-10-5-18(6-11-21)15-31(2)14-17-3-8-20(27)9-4-17/h3-13,29H,14-15H2,1-2H3,(H2,28,32)(H,30,33)/b24-16-. The van der Waals surface area contributed by atoms with E-state index in [0.717, 1.165) is 35.5 Å². The van der Waals surface area contributed by atoms with Crippen molar-refractivity contribution < 1.29 is 14.0 Å². The molecule has 4 rings (SSSR count). The van der Waals surface area contributed by atoms with Crippen molar-refractivity contribution in [3.8, 4) is 0 Å². The van der Waals surface area contributed by atoms with Crippen LogP contribution in [0.1, 0.15) is 34.0 Å². The van der Waals surface area contributed by atoms with Crippen LogP contribution in [0.5, 0.6) is 0 Å². The zero-order valence-electron chi connectivity index (χ0n) is 18.5. The molecule has 0 aliphatic carbocycles. The molecule has 3 aromatic rings. The van der Waals surface area contributed by atoms with Crippen LogP contribution in [0.25, 0.3) is 5.57 Å². The van der Waals surface area contributed by atoms with Gasteiger partial charge in [0.25, 0.3) is 5.91 Å². The van der Waals surface area contributed by atoms with Gasteiger partial charge in [-0.1, -0.05) is 30.3 Å². The second-order valence-electron chi connectivity index (χ2n) is 8.20.